The third-order valence-electron chi connectivity index (χ3n) is 7.13. The van der Waals surface area contributed by atoms with Crippen LogP contribution in [0.15, 0.2) is 115 Å². The summed E-state index contributed by atoms with van der Waals surface area (Å²) in [7, 11) is 0. The minimum absolute atomic E-state index is 0.138. The highest BCUT2D eigenvalue weighted by Gasteiger charge is 2.53. The van der Waals surface area contributed by atoms with Crippen molar-refractivity contribution in [2.45, 2.75) is 24.4 Å². The Kier molecular flexibility index (Phi) is 5.53. The maximum atomic E-state index is 14.1. The summed E-state index contributed by atoms with van der Waals surface area (Å²) in [5.41, 5.74) is 2.23. The largest absolute Gasteiger partial charge is 0.691 e. The third-order valence-corrected chi connectivity index (χ3v) is 7.13. The van der Waals surface area contributed by atoms with Gasteiger partial charge in [-0.15, -0.1) is 4.85 Å². The molecule has 1 aliphatic rings. The lowest BCUT2D eigenvalue weighted by molar-refractivity contribution is -0.645. The number of para-hydroxylation sites is 2. The van der Waals surface area contributed by atoms with Crippen LogP contribution in [0.25, 0.3) is 11.0 Å². The predicted molar refractivity (Wildman–Crippen MR) is 138 cm³/mol. The fourth-order valence-corrected chi connectivity index (χ4v) is 5.58. The summed E-state index contributed by atoms with van der Waals surface area (Å²) < 4.78 is 1.14. The molecule has 1 fully saturated rings. The number of carbonyl (C=O) groups is 2. The van der Waals surface area contributed by atoms with Gasteiger partial charge in [0.05, 0.1) is 0 Å². The maximum Gasteiger partial charge on any atom is 0.357 e. The van der Waals surface area contributed by atoms with E-state index < -0.39 is 17.5 Å². The van der Waals surface area contributed by atoms with Crippen molar-refractivity contribution in [3.8, 4) is 0 Å². The molecule has 0 N–H and O–H groups in total. The van der Waals surface area contributed by atoms with Crippen LogP contribution in [0.4, 0.5) is 0 Å². The Balaban J connectivity index is 1.61. The second-order valence-corrected chi connectivity index (χ2v) is 9.13. The van der Waals surface area contributed by atoms with E-state index in [2.05, 4.69) is 5.21 Å². The molecule has 0 spiro atoms. The molecule has 1 aromatic heterocycles. The van der Waals surface area contributed by atoms with Crippen molar-refractivity contribution in [2.24, 2.45) is 0 Å². The highest BCUT2D eigenvalue weighted by Crippen LogP contribution is 2.46. The fourth-order valence-electron chi connectivity index (χ4n) is 5.58. The summed E-state index contributed by atoms with van der Waals surface area (Å²) in [6, 6.07) is 35.3. The molecule has 1 atom stereocenters. The lowest BCUT2D eigenvalue weighted by atomic mass is 9.75. The Hall–Kier alpha value is -4.78. The van der Waals surface area contributed by atoms with Crippen LogP contribution in [-0.4, -0.2) is 32.7 Å². The van der Waals surface area contributed by atoms with Crippen LogP contribution in [0.1, 0.15) is 34.3 Å². The van der Waals surface area contributed by atoms with E-state index in [1.807, 2.05) is 91.0 Å². The topological polar surface area (TPSA) is 82.1 Å². The van der Waals surface area contributed by atoms with Gasteiger partial charge >= 0.3 is 5.91 Å². The van der Waals surface area contributed by atoms with Crippen molar-refractivity contribution in [1.29, 1.82) is 0 Å². The maximum absolute atomic E-state index is 14.1. The number of benzene rings is 4. The van der Waals surface area contributed by atoms with Crippen molar-refractivity contribution >= 4 is 22.8 Å². The normalized spacial score (nSPS) is 15.8. The van der Waals surface area contributed by atoms with Gasteiger partial charge in [-0.25, -0.2) is 4.79 Å². The van der Waals surface area contributed by atoms with E-state index in [-0.39, 0.29) is 12.3 Å². The minimum Gasteiger partial charge on any atom is -0.691 e. The summed E-state index contributed by atoms with van der Waals surface area (Å²) in [6.07, 6.45) is 0.528. The summed E-state index contributed by atoms with van der Waals surface area (Å²) in [5, 5.41) is 16.5. The number of hydrogen-bond acceptors (Lipinski definition) is 4. The lowest BCUT2D eigenvalue weighted by Gasteiger charge is -2.45. The smallest absolute Gasteiger partial charge is 0.357 e. The van der Waals surface area contributed by atoms with Crippen molar-refractivity contribution in [1.82, 2.24) is 14.8 Å². The molecule has 0 saturated carbocycles. The SMILES string of the molecule is O=C1CC[C@@H](C(=O)n2n[n+]([O-])c3ccccc32)N1C(c1ccccc1)(c1ccccc1)c1ccccc1. The van der Waals surface area contributed by atoms with Crippen molar-refractivity contribution in [3.05, 3.63) is 137 Å². The molecule has 0 bridgehead atoms. The molecule has 7 heteroatoms. The first-order chi connectivity index (χ1) is 18.1. The van der Waals surface area contributed by atoms with Gasteiger partial charge in [-0.2, -0.15) is 0 Å². The summed E-state index contributed by atoms with van der Waals surface area (Å²) >= 11 is 0. The first kappa shape index (κ1) is 22.7. The van der Waals surface area contributed by atoms with E-state index in [9.17, 15) is 14.8 Å². The average Bonchev–Trinajstić information content (AvgIpc) is 3.51. The van der Waals surface area contributed by atoms with Gasteiger partial charge in [0, 0.05) is 6.42 Å². The molecule has 37 heavy (non-hydrogen) atoms. The molecular formula is C30H24N4O3. The zero-order valence-corrected chi connectivity index (χ0v) is 20.0. The highest BCUT2D eigenvalue weighted by molar-refractivity contribution is 5.96. The zero-order valence-electron chi connectivity index (χ0n) is 20.0. The van der Waals surface area contributed by atoms with Gasteiger partial charge in [0.25, 0.3) is 0 Å². The second-order valence-electron chi connectivity index (χ2n) is 9.13. The quantitative estimate of drug-likeness (QED) is 0.210. The molecule has 0 aliphatic carbocycles. The molecule has 182 valence electrons. The first-order valence-electron chi connectivity index (χ1n) is 12.2. The monoisotopic (exact) mass is 488 g/mol. The molecule has 1 aliphatic heterocycles. The Labute approximate surface area is 213 Å². The molecule has 2 heterocycles. The average molecular weight is 489 g/mol. The standard InChI is InChI=1S/C30H24N4O3/c35-28-21-20-27(29(36)33-25-18-10-11-19-26(25)34(37)31-33)32(28)30(22-12-4-1-5-13-22,23-14-6-2-7-15-23)24-16-8-3-9-17-24/h1-19,27H,20-21H2/t27-/m0/s1. The predicted octanol–water partition coefficient (Wildman–Crippen LogP) is 4.29. The van der Waals surface area contributed by atoms with Gasteiger partial charge in [-0.05, 0) is 35.2 Å². The number of hydrogen-bond donors (Lipinski definition) is 0. The Morgan fingerprint density at radius 3 is 1.81 bits per heavy atom. The van der Waals surface area contributed by atoms with Crippen molar-refractivity contribution in [2.75, 3.05) is 0 Å². The van der Waals surface area contributed by atoms with Crippen LogP contribution >= 0.6 is 0 Å². The van der Waals surface area contributed by atoms with Crippen LogP contribution < -0.4 is 4.85 Å². The second kappa shape index (κ2) is 9.02. The molecule has 1 saturated heterocycles. The van der Waals surface area contributed by atoms with Gasteiger partial charge < -0.3 is 10.1 Å². The summed E-state index contributed by atoms with van der Waals surface area (Å²) in [6.45, 7) is 0. The Morgan fingerprint density at radius 1 is 0.784 bits per heavy atom. The molecule has 1 amide bonds. The first-order valence-corrected chi connectivity index (χ1v) is 12.2. The molecule has 6 rings (SSSR count). The summed E-state index contributed by atoms with van der Waals surface area (Å²) in [5.74, 6) is -0.551. The van der Waals surface area contributed by atoms with Crippen LogP contribution in [0.3, 0.4) is 0 Å². The Bertz CT molecular complexity index is 1490. The zero-order chi connectivity index (χ0) is 25.4. The van der Waals surface area contributed by atoms with E-state index in [0.29, 0.717) is 22.3 Å². The Morgan fingerprint density at radius 2 is 1.27 bits per heavy atom. The number of likely N-dealkylation sites (tertiary alicyclic amines) is 1. The van der Waals surface area contributed by atoms with Gasteiger partial charge in [0.15, 0.2) is 0 Å². The number of fused-ring (bicyclic) bond motifs is 1. The van der Waals surface area contributed by atoms with E-state index >= 15 is 0 Å². The number of amides is 1. The fraction of sp³-hybridized carbons (Fsp3) is 0.133. The van der Waals surface area contributed by atoms with E-state index in [1.54, 1.807) is 29.2 Å². The van der Waals surface area contributed by atoms with Gasteiger partial charge in [-0.1, -0.05) is 108 Å². The van der Waals surface area contributed by atoms with Crippen LogP contribution in [-0.2, 0) is 10.3 Å². The lowest BCUT2D eigenvalue weighted by Crippen LogP contribution is -2.55. The molecule has 4 aromatic carbocycles. The molecular weight excluding hydrogens is 464 g/mol. The van der Waals surface area contributed by atoms with Crippen LogP contribution in [0, 0.1) is 5.21 Å². The van der Waals surface area contributed by atoms with Crippen molar-refractivity contribution in [3.63, 3.8) is 0 Å². The van der Waals surface area contributed by atoms with E-state index in [0.717, 1.165) is 21.4 Å². The third kappa shape index (κ3) is 3.50. The number of carbonyl (C=O) groups excluding carboxylic acids is 2. The van der Waals surface area contributed by atoms with Crippen molar-refractivity contribution < 1.29 is 14.4 Å². The molecule has 0 unspecified atom stereocenters. The molecule has 0 radical (unpaired) electrons. The van der Waals surface area contributed by atoms with Gasteiger partial charge in [0.1, 0.15) is 16.8 Å². The number of rotatable bonds is 5. The minimum atomic E-state index is -1.08. The van der Waals surface area contributed by atoms with E-state index in [4.69, 9.17) is 0 Å². The molecule has 7 nitrogen and oxygen atoms in total. The highest BCUT2D eigenvalue weighted by atomic mass is 16.5. The number of aromatic nitrogens is 3. The summed E-state index contributed by atoms with van der Waals surface area (Å²) in [4.78, 5) is 30.1. The van der Waals surface area contributed by atoms with Crippen LogP contribution in [0.2, 0.25) is 0 Å². The van der Waals surface area contributed by atoms with E-state index in [1.165, 1.54) is 0 Å². The molecule has 5 aromatic rings. The van der Waals surface area contributed by atoms with Gasteiger partial charge in [0.2, 0.25) is 16.9 Å². The number of nitrogens with zero attached hydrogens (tertiary/aromatic N) is 4. The van der Waals surface area contributed by atoms with Crippen LogP contribution in [0.5, 0.6) is 0 Å². The van der Waals surface area contributed by atoms with Gasteiger partial charge in [-0.3, -0.25) is 4.79 Å².